The van der Waals surface area contributed by atoms with Crippen LogP contribution in [0.5, 0.6) is 0 Å². The Hall–Kier alpha value is -0.590. The Morgan fingerprint density at radius 3 is 2.73 bits per heavy atom. The van der Waals surface area contributed by atoms with Crippen LogP contribution < -0.4 is 0 Å². The molecule has 11 heavy (non-hydrogen) atoms. The van der Waals surface area contributed by atoms with Gasteiger partial charge in [0.25, 0.3) is 0 Å². The minimum atomic E-state index is 0.380. The molecule has 0 aliphatic heterocycles. The summed E-state index contributed by atoms with van der Waals surface area (Å²) in [7, 11) is 0. The quantitative estimate of drug-likeness (QED) is 0.556. The molecule has 1 nitrogen and oxygen atoms in total. The molecule has 1 unspecified atom stereocenters. The fraction of sp³-hybridized carbons (Fsp3) is 0.700. The topological polar surface area (TPSA) is 17.1 Å². The number of rotatable bonds is 2. The average Bonchev–Trinajstić information content (AvgIpc) is 2.37. The predicted octanol–water partition coefficient (Wildman–Crippen LogP) is 2.71. The zero-order valence-corrected chi connectivity index (χ0v) is 7.39. The van der Waals surface area contributed by atoms with E-state index in [4.69, 9.17) is 0 Å². The number of hydrogen-bond donors (Lipinski definition) is 0. The lowest BCUT2D eigenvalue weighted by Gasteiger charge is -2.01. The second-order valence-electron chi connectivity index (χ2n) is 3.35. The van der Waals surface area contributed by atoms with Crippen molar-refractivity contribution >= 4 is 5.78 Å². The second kappa shape index (κ2) is 3.70. The molecule has 1 aliphatic rings. The molecule has 1 saturated carbocycles. The predicted molar refractivity (Wildman–Crippen MR) is 46.4 cm³/mol. The van der Waals surface area contributed by atoms with Crippen LogP contribution in [-0.4, -0.2) is 5.78 Å². The molecule has 1 atom stereocenters. The van der Waals surface area contributed by atoms with Gasteiger partial charge in [0.05, 0.1) is 0 Å². The highest BCUT2D eigenvalue weighted by Crippen LogP contribution is 2.22. The summed E-state index contributed by atoms with van der Waals surface area (Å²) >= 11 is 0. The Morgan fingerprint density at radius 2 is 2.27 bits per heavy atom. The van der Waals surface area contributed by atoms with Crippen LogP contribution in [-0.2, 0) is 4.79 Å². The molecule has 1 aliphatic carbocycles. The zero-order chi connectivity index (χ0) is 8.27. The van der Waals surface area contributed by atoms with Crippen molar-refractivity contribution in [2.24, 2.45) is 5.92 Å². The van der Waals surface area contributed by atoms with E-state index in [1.165, 1.54) is 0 Å². The fourth-order valence-corrected chi connectivity index (χ4v) is 1.38. The molecule has 1 rings (SSSR count). The highest BCUT2D eigenvalue weighted by Gasteiger charge is 2.16. The molecule has 62 valence electrons. The van der Waals surface area contributed by atoms with E-state index in [0.29, 0.717) is 11.7 Å². The lowest BCUT2D eigenvalue weighted by Crippen LogP contribution is -1.95. The molecular weight excluding hydrogens is 136 g/mol. The van der Waals surface area contributed by atoms with E-state index in [9.17, 15) is 4.79 Å². The van der Waals surface area contributed by atoms with Crippen LogP contribution in [0, 0.1) is 5.92 Å². The Morgan fingerprint density at radius 1 is 1.55 bits per heavy atom. The molecule has 1 heteroatoms. The first-order valence-corrected chi connectivity index (χ1v) is 4.48. The van der Waals surface area contributed by atoms with Crippen molar-refractivity contribution in [3.8, 4) is 0 Å². The van der Waals surface area contributed by atoms with Gasteiger partial charge in [0, 0.05) is 6.42 Å². The molecule has 0 aromatic heterocycles. The first kappa shape index (κ1) is 8.51. The van der Waals surface area contributed by atoms with Crippen molar-refractivity contribution in [2.45, 2.75) is 39.5 Å². The van der Waals surface area contributed by atoms with E-state index in [-0.39, 0.29) is 0 Å². The van der Waals surface area contributed by atoms with Crippen LogP contribution in [0.1, 0.15) is 39.5 Å². The van der Waals surface area contributed by atoms with Gasteiger partial charge in [0.2, 0.25) is 0 Å². The van der Waals surface area contributed by atoms with Gasteiger partial charge >= 0.3 is 0 Å². The van der Waals surface area contributed by atoms with Crippen molar-refractivity contribution in [1.29, 1.82) is 0 Å². The number of carbonyl (C=O) groups is 1. The highest BCUT2D eigenvalue weighted by molar-refractivity contribution is 5.97. The Balaban J connectivity index is 2.57. The van der Waals surface area contributed by atoms with Crippen LogP contribution >= 0.6 is 0 Å². The smallest absolute Gasteiger partial charge is 0.158 e. The first-order valence-electron chi connectivity index (χ1n) is 4.48. The molecule has 0 amide bonds. The van der Waals surface area contributed by atoms with Gasteiger partial charge in [-0.05, 0) is 24.3 Å². The monoisotopic (exact) mass is 152 g/mol. The standard InChI is InChI=1S/C10H16O/c1-3-8(2)7-9-5-4-6-10(9)11/h7-8H,3-6H2,1-2H3/b9-7-. The zero-order valence-electron chi connectivity index (χ0n) is 7.39. The Labute approximate surface area is 68.5 Å². The van der Waals surface area contributed by atoms with Gasteiger partial charge in [-0.25, -0.2) is 0 Å². The fourth-order valence-electron chi connectivity index (χ4n) is 1.38. The van der Waals surface area contributed by atoms with E-state index in [2.05, 4.69) is 19.9 Å². The van der Waals surface area contributed by atoms with Crippen molar-refractivity contribution < 1.29 is 4.79 Å². The number of Topliss-reactive ketones (excluding diaryl/α,β-unsaturated/α-hetero) is 1. The summed E-state index contributed by atoms with van der Waals surface area (Å²) in [5.41, 5.74) is 1.08. The van der Waals surface area contributed by atoms with Crippen LogP contribution in [0.15, 0.2) is 11.6 Å². The minimum absolute atomic E-state index is 0.380. The van der Waals surface area contributed by atoms with E-state index in [0.717, 1.165) is 31.3 Å². The molecule has 1 fully saturated rings. The van der Waals surface area contributed by atoms with Crippen molar-refractivity contribution in [2.75, 3.05) is 0 Å². The summed E-state index contributed by atoms with van der Waals surface area (Å²) in [6.07, 6.45) is 6.15. The lowest BCUT2D eigenvalue weighted by atomic mass is 10.0. The molecular formula is C10H16O. The van der Waals surface area contributed by atoms with Gasteiger partial charge in [-0.2, -0.15) is 0 Å². The Kier molecular flexibility index (Phi) is 2.86. The average molecular weight is 152 g/mol. The molecule has 0 spiro atoms. The summed E-state index contributed by atoms with van der Waals surface area (Å²) in [6, 6.07) is 0. The van der Waals surface area contributed by atoms with Gasteiger partial charge < -0.3 is 0 Å². The van der Waals surface area contributed by atoms with Crippen LogP contribution in [0.25, 0.3) is 0 Å². The van der Waals surface area contributed by atoms with E-state index < -0.39 is 0 Å². The molecule has 0 aromatic carbocycles. The summed E-state index contributed by atoms with van der Waals surface area (Å²) in [4.78, 5) is 11.2. The molecule has 0 bridgehead atoms. The molecule has 0 saturated heterocycles. The largest absolute Gasteiger partial charge is 0.295 e. The number of ketones is 1. The maximum Gasteiger partial charge on any atom is 0.158 e. The van der Waals surface area contributed by atoms with Crippen molar-refractivity contribution in [3.63, 3.8) is 0 Å². The summed E-state index contributed by atoms with van der Waals surface area (Å²) in [6.45, 7) is 4.32. The minimum Gasteiger partial charge on any atom is -0.295 e. The Bertz CT molecular complexity index is 179. The number of carbonyl (C=O) groups excluding carboxylic acids is 1. The highest BCUT2D eigenvalue weighted by atomic mass is 16.1. The SMILES string of the molecule is CCC(C)/C=C1/CCCC1=O. The van der Waals surface area contributed by atoms with Crippen molar-refractivity contribution in [3.05, 3.63) is 11.6 Å². The van der Waals surface area contributed by atoms with Crippen LogP contribution in [0.3, 0.4) is 0 Å². The molecule has 0 radical (unpaired) electrons. The molecule has 0 N–H and O–H groups in total. The van der Waals surface area contributed by atoms with E-state index in [1.54, 1.807) is 0 Å². The number of allylic oxidation sites excluding steroid dienone is 2. The summed E-state index contributed by atoms with van der Waals surface area (Å²) < 4.78 is 0. The van der Waals surface area contributed by atoms with Gasteiger partial charge in [-0.3, -0.25) is 4.79 Å². The molecule has 0 heterocycles. The third-order valence-electron chi connectivity index (χ3n) is 2.34. The third-order valence-corrected chi connectivity index (χ3v) is 2.34. The van der Waals surface area contributed by atoms with Gasteiger partial charge in [-0.1, -0.05) is 26.3 Å². The van der Waals surface area contributed by atoms with E-state index in [1.807, 2.05) is 0 Å². The maximum atomic E-state index is 11.2. The van der Waals surface area contributed by atoms with Gasteiger partial charge in [-0.15, -0.1) is 0 Å². The summed E-state index contributed by atoms with van der Waals surface area (Å²) in [5, 5.41) is 0. The van der Waals surface area contributed by atoms with Crippen LogP contribution in [0.2, 0.25) is 0 Å². The van der Waals surface area contributed by atoms with Crippen molar-refractivity contribution in [1.82, 2.24) is 0 Å². The van der Waals surface area contributed by atoms with Gasteiger partial charge in [0.1, 0.15) is 0 Å². The van der Waals surface area contributed by atoms with Crippen LogP contribution in [0.4, 0.5) is 0 Å². The van der Waals surface area contributed by atoms with Gasteiger partial charge in [0.15, 0.2) is 5.78 Å². The third kappa shape index (κ3) is 2.18. The van der Waals surface area contributed by atoms with E-state index >= 15 is 0 Å². The lowest BCUT2D eigenvalue weighted by molar-refractivity contribution is -0.114. The first-order chi connectivity index (χ1) is 5.24. The number of hydrogen-bond acceptors (Lipinski definition) is 1. The normalized spacial score (nSPS) is 24.5. The second-order valence-corrected chi connectivity index (χ2v) is 3.35. The molecule has 0 aromatic rings. The summed E-state index contributed by atoms with van der Waals surface area (Å²) in [5.74, 6) is 0.956. The maximum absolute atomic E-state index is 11.2.